The molecular formula is C3H5N5O2. The second kappa shape index (κ2) is 2.29. The first-order chi connectivity index (χ1) is 4.68. The number of nitrogens with zero attached hydrogens (tertiary/aromatic N) is 5. The molecule has 10 heavy (non-hydrogen) atoms. The van der Waals surface area contributed by atoms with Crippen LogP contribution in [0, 0.1) is 10.1 Å². The number of rotatable bonds is 2. The molecule has 1 aromatic heterocycles. The van der Waals surface area contributed by atoms with Crippen molar-refractivity contribution in [3.63, 3.8) is 0 Å². The lowest BCUT2D eigenvalue weighted by Crippen LogP contribution is -2.29. The quantitative estimate of drug-likeness (QED) is 0.303. The summed E-state index contributed by atoms with van der Waals surface area (Å²) < 4.78 is 2.42. The van der Waals surface area contributed by atoms with Gasteiger partial charge in [-0.2, -0.15) is 0 Å². The van der Waals surface area contributed by atoms with Gasteiger partial charge in [0.25, 0.3) is 6.33 Å². The molecule has 0 saturated heterocycles. The normalized spacial score (nSPS) is 9.30. The second-order valence-corrected chi connectivity index (χ2v) is 1.63. The molecular weight excluding hydrogens is 138 g/mol. The van der Waals surface area contributed by atoms with Gasteiger partial charge in [0.2, 0.25) is 0 Å². The number of nitro groups is 1. The number of hydrogen-bond donors (Lipinski definition) is 0. The molecule has 7 heteroatoms. The molecule has 0 aliphatic carbocycles. The minimum Gasteiger partial charge on any atom is -0.373 e. The number of aryl methyl sites for hydroxylation is 1. The van der Waals surface area contributed by atoms with Crippen LogP contribution in [0.25, 0.3) is 5.53 Å². The van der Waals surface area contributed by atoms with Crippen molar-refractivity contribution in [2.45, 2.75) is 0 Å². The molecule has 0 N–H and O–H groups in total. The van der Waals surface area contributed by atoms with Gasteiger partial charge < -0.3 is 10.1 Å². The SMILES string of the molecule is Cn1c[n+]([N-][N+](=O)[O-])cn1. The summed E-state index contributed by atoms with van der Waals surface area (Å²) >= 11 is 0. The predicted molar refractivity (Wildman–Crippen MR) is 29.2 cm³/mol. The van der Waals surface area contributed by atoms with Crippen LogP contribution in [0.1, 0.15) is 0 Å². The average molecular weight is 143 g/mol. The van der Waals surface area contributed by atoms with Crippen molar-refractivity contribution >= 4 is 0 Å². The Morgan fingerprint density at radius 1 is 1.90 bits per heavy atom. The lowest BCUT2D eigenvalue weighted by molar-refractivity contribution is -0.738. The van der Waals surface area contributed by atoms with Gasteiger partial charge in [-0.15, -0.1) is 5.03 Å². The molecule has 0 aliphatic heterocycles. The van der Waals surface area contributed by atoms with Crippen LogP contribution in [0.3, 0.4) is 0 Å². The standard InChI is InChI=1S/C3H5N5O2/c1-6-3-7(2-4-6)5-8(9)10/h2-3H,1H3. The summed E-state index contributed by atoms with van der Waals surface area (Å²) in [5.74, 6) is 0. The highest BCUT2D eigenvalue weighted by molar-refractivity contribution is 4.41. The first-order valence-corrected chi connectivity index (χ1v) is 2.45. The maximum Gasteiger partial charge on any atom is 0.332 e. The van der Waals surface area contributed by atoms with Crippen molar-refractivity contribution in [2.24, 2.45) is 7.05 Å². The van der Waals surface area contributed by atoms with E-state index in [1.165, 1.54) is 17.3 Å². The highest BCUT2D eigenvalue weighted by Crippen LogP contribution is 1.78. The molecule has 1 rings (SSSR count). The van der Waals surface area contributed by atoms with Crippen LogP contribution >= 0.6 is 0 Å². The van der Waals surface area contributed by atoms with Crippen molar-refractivity contribution in [1.29, 1.82) is 0 Å². The summed E-state index contributed by atoms with van der Waals surface area (Å²) in [6, 6.07) is 0. The first kappa shape index (κ1) is 6.46. The van der Waals surface area contributed by atoms with Gasteiger partial charge >= 0.3 is 6.33 Å². The van der Waals surface area contributed by atoms with Crippen molar-refractivity contribution in [2.75, 3.05) is 0 Å². The maximum atomic E-state index is 9.76. The molecule has 0 radical (unpaired) electrons. The minimum atomic E-state index is -0.790. The summed E-state index contributed by atoms with van der Waals surface area (Å²) in [6.07, 6.45) is 2.62. The zero-order valence-electron chi connectivity index (χ0n) is 5.21. The van der Waals surface area contributed by atoms with Gasteiger partial charge in [0.15, 0.2) is 0 Å². The third kappa shape index (κ3) is 1.41. The molecule has 7 nitrogen and oxygen atoms in total. The summed E-state index contributed by atoms with van der Waals surface area (Å²) in [5.41, 5.74) is 2.94. The van der Waals surface area contributed by atoms with E-state index in [-0.39, 0.29) is 0 Å². The topological polar surface area (TPSA) is 78.9 Å². The number of hydrogen-bond acceptors (Lipinski definition) is 3. The van der Waals surface area contributed by atoms with Crippen LogP contribution in [0.15, 0.2) is 12.7 Å². The molecule has 1 heterocycles. The van der Waals surface area contributed by atoms with Crippen molar-refractivity contribution in [3.8, 4) is 0 Å². The van der Waals surface area contributed by atoms with Gasteiger partial charge in [0.1, 0.15) is 12.1 Å². The van der Waals surface area contributed by atoms with Crippen LogP contribution in [-0.2, 0) is 7.05 Å². The van der Waals surface area contributed by atoms with E-state index in [4.69, 9.17) is 0 Å². The first-order valence-electron chi connectivity index (χ1n) is 2.45. The van der Waals surface area contributed by atoms with E-state index in [2.05, 4.69) is 10.6 Å². The van der Waals surface area contributed by atoms with E-state index in [1.807, 2.05) is 0 Å². The fraction of sp³-hybridized carbons (Fsp3) is 0.333. The van der Waals surface area contributed by atoms with Crippen LogP contribution in [0.4, 0.5) is 0 Å². The van der Waals surface area contributed by atoms with Crippen LogP contribution < -0.4 is 4.68 Å². The summed E-state index contributed by atoms with van der Waals surface area (Å²) in [4.78, 5) is 9.76. The third-order valence-corrected chi connectivity index (χ3v) is 0.814. The summed E-state index contributed by atoms with van der Waals surface area (Å²) in [5, 5.41) is 12.6. The fourth-order valence-corrected chi connectivity index (χ4v) is 0.496. The fourth-order valence-electron chi connectivity index (χ4n) is 0.496. The van der Waals surface area contributed by atoms with Crippen LogP contribution in [-0.4, -0.2) is 14.8 Å². The van der Waals surface area contributed by atoms with E-state index in [1.54, 1.807) is 7.05 Å². The zero-order valence-corrected chi connectivity index (χ0v) is 5.21. The molecule has 0 atom stereocenters. The van der Waals surface area contributed by atoms with Gasteiger partial charge in [0, 0.05) is 0 Å². The number of aromatic nitrogens is 3. The molecule has 0 fully saturated rings. The molecule has 0 amide bonds. The highest BCUT2D eigenvalue weighted by Gasteiger charge is 1.98. The average Bonchev–Trinajstić information content (AvgIpc) is 2.13. The van der Waals surface area contributed by atoms with E-state index >= 15 is 0 Å². The Morgan fingerprint density at radius 2 is 2.60 bits per heavy atom. The molecule has 0 aromatic carbocycles. The van der Waals surface area contributed by atoms with Gasteiger partial charge in [-0.05, 0) is 0 Å². The maximum absolute atomic E-state index is 9.76. The summed E-state index contributed by atoms with van der Waals surface area (Å²) in [6.45, 7) is 0. The summed E-state index contributed by atoms with van der Waals surface area (Å²) in [7, 11) is 1.64. The Bertz CT molecular complexity index is 243. The Labute approximate surface area is 56.0 Å². The molecule has 0 saturated carbocycles. The second-order valence-electron chi connectivity index (χ2n) is 1.63. The van der Waals surface area contributed by atoms with Gasteiger partial charge in [-0.25, -0.2) is 4.68 Å². The Balaban J connectivity index is 2.67. The van der Waals surface area contributed by atoms with Gasteiger partial charge in [-0.1, -0.05) is 4.68 Å². The van der Waals surface area contributed by atoms with Crippen molar-refractivity contribution in [3.05, 3.63) is 28.3 Å². The van der Waals surface area contributed by atoms with Gasteiger partial charge in [-0.3, -0.25) is 5.53 Å². The Morgan fingerprint density at radius 3 is 3.00 bits per heavy atom. The third-order valence-electron chi connectivity index (χ3n) is 0.814. The zero-order chi connectivity index (χ0) is 7.56. The van der Waals surface area contributed by atoms with Crippen LogP contribution in [0.2, 0.25) is 0 Å². The molecule has 0 bridgehead atoms. The molecule has 0 unspecified atom stereocenters. The lowest BCUT2D eigenvalue weighted by atomic mass is 11.2. The highest BCUT2D eigenvalue weighted by atomic mass is 16.7. The van der Waals surface area contributed by atoms with Crippen molar-refractivity contribution < 1.29 is 9.71 Å². The van der Waals surface area contributed by atoms with E-state index < -0.39 is 5.03 Å². The Hall–Kier alpha value is -1.66. The molecule has 1 aromatic rings. The predicted octanol–water partition coefficient (Wildman–Crippen LogP) is -0.964. The monoisotopic (exact) mass is 143 g/mol. The van der Waals surface area contributed by atoms with E-state index in [0.29, 0.717) is 0 Å². The van der Waals surface area contributed by atoms with Crippen LogP contribution in [0.5, 0.6) is 0 Å². The van der Waals surface area contributed by atoms with E-state index in [0.717, 1.165) is 4.68 Å². The minimum absolute atomic E-state index is 0.790. The Kier molecular flexibility index (Phi) is 1.48. The van der Waals surface area contributed by atoms with E-state index in [9.17, 15) is 10.1 Å². The molecule has 54 valence electrons. The molecule has 0 aliphatic rings. The van der Waals surface area contributed by atoms with Gasteiger partial charge in [0.05, 0.1) is 0 Å². The molecule has 0 spiro atoms. The smallest absolute Gasteiger partial charge is 0.332 e. The largest absolute Gasteiger partial charge is 0.373 e. The van der Waals surface area contributed by atoms with Crippen molar-refractivity contribution in [1.82, 2.24) is 9.78 Å². The lowest BCUT2D eigenvalue weighted by Gasteiger charge is -2.06.